The van der Waals surface area contributed by atoms with Crippen LogP contribution >= 0.6 is 0 Å². The summed E-state index contributed by atoms with van der Waals surface area (Å²) in [4.78, 5) is 12.2. The van der Waals surface area contributed by atoms with E-state index in [4.69, 9.17) is 4.74 Å². The fourth-order valence-corrected chi connectivity index (χ4v) is 6.23. The van der Waals surface area contributed by atoms with E-state index in [1.165, 1.54) is 186 Å². The van der Waals surface area contributed by atoms with E-state index < -0.39 is 0 Å². The first-order chi connectivity index (χ1) is 21.7. The lowest BCUT2D eigenvalue weighted by atomic mass is 10.0. The lowest BCUT2D eigenvalue weighted by Crippen LogP contribution is -2.35. The minimum atomic E-state index is -0.277. The zero-order chi connectivity index (χ0) is 32.0. The zero-order valence-electron chi connectivity index (χ0n) is 30.3. The molecule has 0 aromatic heterocycles. The molecule has 0 bridgehead atoms. The number of hydrogen-bond donors (Lipinski definition) is 2. The van der Waals surface area contributed by atoms with Crippen molar-refractivity contribution in [2.24, 2.45) is 0 Å². The Labute approximate surface area is 277 Å². The molecular weight excluding hydrogens is 542 g/mol. The number of rotatable bonds is 38. The van der Waals surface area contributed by atoms with Gasteiger partial charge in [0.05, 0.1) is 12.7 Å². The van der Waals surface area contributed by atoms with Crippen molar-refractivity contribution >= 4 is 5.91 Å². The summed E-state index contributed by atoms with van der Waals surface area (Å²) in [5.74, 6) is 0.0968. The van der Waals surface area contributed by atoms with E-state index in [-0.39, 0.29) is 18.6 Å². The second-order valence-electron chi connectivity index (χ2n) is 13.8. The van der Waals surface area contributed by atoms with Crippen LogP contribution in [0.25, 0.3) is 0 Å². The maximum Gasteiger partial charge on any atom is 0.220 e. The Kier molecular flexibility index (Phi) is 38.0. The molecule has 1 unspecified atom stereocenters. The van der Waals surface area contributed by atoms with E-state index in [2.05, 4.69) is 19.2 Å². The number of aliphatic hydroxyl groups is 1. The van der Waals surface area contributed by atoms with Gasteiger partial charge in [-0.25, -0.2) is 0 Å². The van der Waals surface area contributed by atoms with Crippen molar-refractivity contribution < 1.29 is 14.6 Å². The van der Waals surface area contributed by atoms with Crippen molar-refractivity contribution in [3.63, 3.8) is 0 Å². The predicted octanol–water partition coefficient (Wildman–Crippen LogP) is 12.4. The topological polar surface area (TPSA) is 58.6 Å². The van der Waals surface area contributed by atoms with Crippen LogP contribution in [0, 0.1) is 0 Å². The highest BCUT2D eigenvalue weighted by Gasteiger charge is 2.10. The smallest absolute Gasteiger partial charge is 0.220 e. The van der Waals surface area contributed by atoms with Gasteiger partial charge in [-0.05, 0) is 12.8 Å². The van der Waals surface area contributed by atoms with E-state index in [1.807, 2.05) is 0 Å². The van der Waals surface area contributed by atoms with Crippen LogP contribution in [0.1, 0.15) is 226 Å². The molecule has 44 heavy (non-hydrogen) atoms. The molecule has 0 heterocycles. The summed E-state index contributed by atoms with van der Waals surface area (Å²) in [6, 6.07) is 0. The molecular formula is C40H81NO3. The Morgan fingerprint density at radius 1 is 0.477 bits per heavy atom. The highest BCUT2D eigenvalue weighted by molar-refractivity contribution is 5.75. The van der Waals surface area contributed by atoms with E-state index in [1.54, 1.807) is 0 Å². The molecule has 0 aliphatic heterocycles. The third-order valence-electron chi connectivity index (χ3n) is 9.34. The van der Waals surface area contributed by atoms with E-state index in [0.29, 0.717) is 19.6 Å². The fourth-order valence-electron chi connectivity index (χ4n) is 6.23. The van der Waals surface area contributed by atoms with Gasteiger partial charge in [-0.15, -0.1) is 0 Å². The molecule has 4 nitrogen and oxygen atoms in total. The third kappa shape index (κ3) is 35.9. The monoisotopic (exact) mass is 624 g/mol. The fraction of sp³-hybridized carbons (Fsp3) is 0.975. The normalized spacial score (nSPS) is 12.2. The molecule has 264 valence electrons. The molecule has 0 radical (unpaired) electrons. The van der Waals surface area contributed by atoms with Crippen LogP contribution in [-0.2, 0) is 9.53 Å². The molecule has 0 fully saturated rings. The summed E-state index contributed by atoms with van der Waals surface area (Å²) in [6.45, 7) is 5.64. The van der Waals surface area contributed by atoms with Crippen LogP contribution in [-0.4, -0.2) is 36.9 Å². The lowest BCUT2D eigenvalue weighted by molar-refractivity contribution is -0.122. The molecule has 4 heteroatoms. The summed E-state index contributed by atoms with van der Waals surface area (Å²) >= 11 is 0. The number of ether oxygens (including phenoxy) is 1. The number of hydrogen-bond acceptors (Lipinski definition) is 3. The van der Waals surface area contributed by atoms with Crippen LogP contribution in [0.15, 0.2) is 0 Å². The lowest BCUT2D eigenvalue weighted by Gasteiger charge is -2.16. The second kappa shape index (κ2) is 38.6. The Hall–Kier alpha value is -0.610. The SMILES string of the molecule is CCCCCCCCCCCCCCCCCCCOC(CO)CNC(=O)CCCCCCCCCCCCCCCCC. The zero-order valence-corrected chi connectivity index (χ0v) is 30.3. The molecule has 1 amide bonds. The molecule has 0 rings (SSSR count). The van der Waals surface area contributed by atoms with Gasteiger partial charge in [0.1, 0.15) is 0 Å². The summed E-state index contributed by atoms with van der Waals surface area (Å²) < 4.78 is 5.83. The number of unbranched alkanes of at least 4 members (excludes halogenated alkanes) is 30. The van der Waals surface area contributed by atoms with Crippen molar-refractivity contribution in [3.05, 3.63) is 0 Å². The van der Waals surface area contributed by atoms with Gasteiger partial charge in [0, 0.05) is 19.6 Å². The van der Waals surface area contributed by atoms with Gasteiger partial charge in [-0.1, -0.05) is 206 Å². The van der Waals surface area contributed by atoms with Gasteiger partial charge >= 0.3 is 0 Å². The molecule has 0 spiro atoms. The average Bonchev–Trinajstić information content (AvgIpc) is 3.03. The maximum atomic E-state index is 12.2. The first-order valence-corrected chi connectivity index (χ1v) is 20.2. The molecule has 0 saturated heterocycles. The van der Waals surface area contributed by atoms with Crippen molar-refractivity contribution in [2.45, 2.75) is 232 Å². The van der Waals surface area contributed by atoms with Crippen molar-refractivity contribution in [1.29, 1.82) is 0 Å². The second-order valence-corrected chi connectivity index (χ2v) is 13.8. The van der Waals surface area contributed by atoms with Crippen LogP contribution in [0.2, 0.25) is 0 Å². The number of carbonyl (C=O) groups excluding carboxylic acids is 1. The van der Waals surface area contributed by atoms with Gasteiger partial charge < -0.3 is 15.2 Å². The molecule has 0 aromatic carbocycles. The average molecular weight is 624 g/mol. The first-order valence-electron chi connectivity index (χ1n) is 20.2. The number of carbonyl (C=O) groups is 1. The number of nitrogens with one attached hydrogen (secondary N) is 1. The molecule has 2 N–H and O–H groups in total. The van der Waals surface area contributed by atoms with Gasteiger partial charge in [-0.2, -0.15) is 0 Å². The van der Waals surface area contributed by atoms with Crippen LogP contribution < -0.4 is 5.32 Å². The quantitative estimate of drug-likeness (QED) is 0.0673. The largest absolute Gasteiger partial charge is 0.394 e. The van der Waals surface area contributed by atoms with Gasteiger partial charge in [0.15, 0.2) is 0 Å². The summed E-state index contributed by atoms with van der Waals surface area (Å²) in [6.07, 6.45) is 43.6. The van der Waals surface area contributed by atoms with Gasteiger partial charge in [0.25, 0.3) is 0 Å². The number of amides is 1. The third-order valence-corrected chi connectivity index (χ3v) is 9.34. The summed E-state index contributed by atoms with van der Waals surface area (Å²) in [5.41, 5.74) is 0. The van der Waals surface area contributed by atoms with Crippen LogP contribution in [0.3, 0.4) is 0 Å². The van der Waals surface area contributed by atoms with Gasteiger partial charge in [0.2, 0.25) is 5.91 Å². The minimum absolute atomic E-state index is 0.0296. The molecule has 0 aromatic rings. The van der Waals surface area contributed by atoms with E-state index in [9.17, 15) is 9.90 Å². The Balaban J connectivity index is 3.36. The molecule has 0 saturated carbocycles. The first kappa shape index (κ1) is 43.4. The molecule has 1 atom stereocenters. The maximum absolute atomic E-state index is 12.2. The highest BCUT2D eigenvalue weighted by atomic mass is 16.5. The van der Waals surface area contributed by atoms with Gasteiger partial charge in [-0.3, -0.25) is 4.79 Å². The van der Waals surface area contributed by atoms with E-state index in [0.717, 1.165) is 19.3 Å². The van der Waals surface area contributed by atoms with E-state index >= 15 is 0 Å². The number of aliphatic hydroxyl groups excluding tert-OH is 1. The van der Waals surface area contributed by atoms with Crippen molar-refractivity contribution in [3.8, 4) is 0 Å². The predicted molar refractivity (Wildman–Crippen MR) is 194 cm³/mol. The van der Waals surface area contributed by atoms with Crippen molar-refractivity contribution in [2.75, 3.05) is 19.8 Å². The highest BCUT2D eigenvalue weighted by Crippen LogP contribution is 2.15. The molecule has 0 aliphatic rings. The summed E-state index contributed by atoms with van der Waals surface area (Å²) in [7, 11) is 0. The van der Waals surface area contributed by atoms with Crippen LogP contribution in [0.4, 0.5) is 0 Å². The standard InChI is InChI=1S/C40H81NO3/c1-3-5-7-9-11-13-15-17-19-20-22-24-26-28-30-32-34-36-44-39(38-42)37-41-40(43)35-33-31-29-27-25-23-21-18-16-14-12-10-8-6-4-2/h39,42H,3-38H2,1-2H3,(H,41,43). The Morgan fingerprint density at radius 3 is 1.09 bits per heavy atom. The Bertz CT molecular complexity index is 541. The van der Waals surface area contributed by atoms with Crippen LogP contribution in [0.5, 0.6) is 0 Å². The minimum Gasteiger partial charge on any atom is -0.394 e. The summed E-state index contributed by atoms with van der Waals surface area (Å²) in [5, 5.41) is 12.6. The molecule has 0 aliphatic carbocycles. The van der Waals surface area contributed by atoms with Crippen molar-refractivity contribution in [1.82, 2.24) is 5.32 Å². The Morgan fingerprint density at radius 2 is 0.773 bits per heavy atom.